The molecule has 0 saturated heterocycles. The van der Waals surface area contributed by atoms with Crippen molar-refractivity contribution in [1.29, 1.82) is 0 Å². The van der Waals surface area contributed by atoms with Gasteiger partial charge in [0, 0.05) is 13.6 Å². The summed E-state index contributed by atoms with van der Waals surface area (Å²) in [5, 5.41) is 1.89. The van der Waals surface area contributed by atoms with Crippen LogP contribution in [0.25, 0.3) is 0 Å². The average molecular weight is 356 g/mol. The molecular weight excluding hydrogens is 342 g/mol. The molecule has 18 heavy (non-hydrogen) atoms. The van der Waals surface area contributed by atoms with Crippen molar-refractivity contribution in [2.45, 2.75) is 13.0 Å². The molecule has 8 heteroatoms. The monoisotopic (exact) mass is 355 g/mol. The molecule has 1 aromatic rings. The van der Waals surface area contributed by atoms with Gasteiger partial charge in [-0.15, -0.1) is 11.3 Å². The van der Waals surface area contributed by atoms with Gasteiger partial charge in [0.2, 0.25) is 10.0 Å². The minimum Gasteiger partial charge on any atom is -0.469 e. The van der Waals surface area contributed by atoms with Gasteiger partial charge in [-0.3, -0.25) is 4.79 Å². The van der Waals surface area contributed by atoms with Crippen molar-refractivity contribution >= 4 is 43.3 Å². The van der Waals surface area contributed by atoms with E-state index in [1.807, 2.05) is 11.4 Å². The number of rotatable bonds is 6. The topological polar surface area (TPSA) is 63.7 Å². The van der Waals surface area contributed by atoms with Crippen LogP contribution in [0.3, 0.4) is 0 Å². The predicted molar refractivity (Wildman–Crippen MR) is 73.9 cm³/mol. The fourth-order valence-electron chi connectivity index (χ4n) is 1.25. The van der Waals surface area contributed by atoms with Gasteiger partial charge in [-0.1, -0.05) is 0 Å². The van der Waals surface area contributed by atoms with Crippen molar-refractivity contribution in [3.63, 3.8) is 0 Å². The molecule has 0 radical (unpaired) electrons. The Kier molecular flexibility index (Phi) is 5.77. The van der Waals surface area contributed by atoms with Gasteiger partial charge in [0.25, 0.3) is 0 Å². The van der Waals surface area contributed by atoms with Crippen molar-refractivity contribution in [1.82, 2.24) is 4.31 Å². The summed E-state index contributed by atoms with van der Waals surface area (Å²) in [5.41, 5.74) is 0.913. The van der Waals surface area contributed by atoms with E-state index in [1.54, 1.807) is 0 Å². The number of carbonyl (C=O) groups is 1. The zero-order chi connectivity index (χ0) is 13.8. The van der Waals surface area contributed by atoms with Crippen LogP contribution in [0.15, 0.2) is 15.2 Å². The molecule has 0 bridgehead atoms. The highest BCUT2D eigenvalue weighted by Crippen LogP contribution is 2.22. The zero-order valence-corrected chi connectivity index (χ0v) is 13.3. The molecule has 0 fully saturated rings. The van der Waals surface area contributed by atoms with E-state index < -0.39 is 16.0 Å². The molecule has 0 aliphatic carbocycles. The molecule has 1 rings (SSSR count). The second-order valence-corrected chi connectivity index (χ2v) is 8.14. The molecule has 0 amide bonds. The number of hydrogen-bond acceptors (Lipinski definition) is 5. The number of methoxy groups -OCH3 is 1. The van der Waals surface area contributed by atoms with E-state index in [1.165, 1.54) is 29.8 Å². The van der Waals surface area contributed by atoms with Crippen molar-refractivity contribution in [2.75, 3.05) is 19.9 Å². The van der Waals surface area contributed by atoms with Gasteiger partial charge in [-0.05, 0) is 32.9 Å². The first kappa shape index (κ1) is 15.6. The van der Waals surface area contributed by atoms with Gasteiger partial charge in [0.05, 0.1) is 23.1 Å². The molecule has 0 atom stereocenters. The summed E-state index contributed by atoms with van der Waals surface area (Å²) in [6.45, 7) is 0.297. The lowest BCUT2D eigenvalue weighted by molar-refractivity contribution is -0.140. The van der Waals surface area contributed by atoms with Gasteiger partial charge in [-0.2, -0.15) is 0 Å². The zero-order valence-electron chi connectivity index (χ0n) is 10.1. The van der Waals surface area contributed by atoms with Crippen molar-refractivity contribution in [2.24, 2.45) is 0 Å². The number of hydrogen-bond donors (Lipinski definition) is 0. The van der Waals surface area contributed by atoms with Crippen LogP contribution in [0.2, 0.25) is 0 Å². The van der Waals surface area contributed by atoms with Crippen LogP contribution < -0.4 is 0 Å². The highest BCUT2D eigenvalue weighted by molar-refractivity contribution is 9.11. The fraction of sp³-hybridized carbons (Fsp3) is 0.500. The third-order valence-electron chi connectivity index (χ3n) is 2.29. The molecule has 0 unspecified atom stereocenters. The molecule has 0 aliphatic heterocycles. The number of carbonyl (C=O) groups excluding carboxylic acids is 1. The Hall–Kier alpha value is -0.440. The normalized spacial score (nSPS) is 11.8. The first-order valence-corrected chi connectivity index (χ1v) is 8.37. The molecule has 0 saturated carbocycles. The van der Waals surface area contributed by atoms with Crippen LogP contribution in [-0.2, 0) is 26.1 Å². The first-order chi connectivity index (χ1) is 8.35. The summed E-state index contributed by atoms with van der Waals surface area (Å²) >= 11 is 4.82. The summed E-state index contributed by atoms with van der Waals surface area (Å²) in [6, 6.07) is 1.87. The van der Waals surface area contributed by atoms with E-state index in [9.17, 15) is 13.2 Å². The Morgan fingerprint density at radius 1 is 1.56 bits per heavy atom. The highest BCUT2D eigenvalue weighted by Gasteiger charge is 2.20. The van der Waals surface area contributed by atoms with E-state index in [4.69, 9.17) is 0 Å². The maximum absolute atomic E-state index is 11.9. The average Bonchev–Trinajstić information content (AvgIpc) is 2.71. The molecule has 0 spiro atoms. The van der Waals surface area contributed by atoms with Gasteiger partial charge >= 0.3 is 5.97 Å². The lowest BCUT2D eigenvalue weighted by atomic mass is 10.3. The third-order valence-corrected chi connectivity index (χ3v) is 5.65. The van der Waals surface area contributed by atoms with E-state index in [-0.39, 0.29) is 12.2 Å². The standard InChI is InChI=1S/C10H14BrNO4S2/c1-12(6-8-5-9(11)17-7-8)18(14,15)4-3-10(13)16-2/h5,7H,3-4,6H2,1-2H3. The Bertz CT molecular complexity index is 512. The lowest BCUT2D eigenvalue weighted by Gasteiger charge is -2.15. The number of halogens is 1. The SMILES string of the molecule is COC(=O)CCS(=O)(=O)N(C)Cc1csc(Br)c1. The first-order valence-electron chi connectivity index (χ1n) is 5.09. The maximum atomic E-state index is 11.9. The largest absolute Gasteiger partial charge is 0.469 e. The Morgan fingerprint density at radius 3 is 2.72 bits per heavy atom. The van der Waals surface area contributed by atoms with Crippen molar-refractivity contribution in [3.05, 3.63) is 20.8 Å². The minimum atomic E-state index is -3.43. The number of sulfonamides is 1. The number of esters is 1. The lowest BCUT2D eigenvalue weighted by Crippen LogP contribution is -2.29. The molecule has 0 aromatic carbocycles. The van der Waals surface area contributed by atoms with Crippen LogP contribution in [0.5, 0.6) is 0 Å². The van der Waals surface area contributed by atoms with Gasteiger partial charge in [-0.25, -0.2) is 12.7 Å². The molecule has 1 heterocycles. The molecular formula is C10H14BrNO4S2. The summed E-state index contributed by atoms with van der Waals surface area (Å²) < 4.78 is 30.4. The molecule has 5 nitrogen and oxygen atoms in total. The summed E-state index contributed by atoms with van der Waals surface area (Å²) in [5.74, 6) is -0.758. The molecule has 0 aliphatic rings. The van der Waals surface area contributed by atoms with Crippen molar-refractivity contribution < 1.29 is 17.9 Å². The third kappa shape index (κ3) is 4.68. The number of ether oxygens (including phenoxy) is 1. The highest BCUT2D eigenvalue weighted by atomic mass is 79.9. The Balaban J connectivity index is 2.59. The Morgan fingerprint density at radius 2 is 2.22 bits per heavy atom. The van der Waals surface area contributed by atoms with Gasteiger partial charge in [0.15, 0.2) is 0 Å². The van der Waals surface area contributed by atoms with Gasteiger partial charge < -0.3 is 4.74 Å². The van der Waals surface area contributed by atoms with E-state index in [0.717, 1.165) is 9.35 Å². The van der Waals surface area contributed by atoms with Crippen molar-refractivity contribution in [3.8, 4) is 0 Å². The summed E-state index contributed by atoms with van der Waals surface area (Å²) in [6.07, 6.45) is -0.128. The van der Waals surface area contributed by atoms with Crippen LogP contribution in [0, 0.1) is 0 Å². The summed E-state index contributed by atoms with van der Waals surface area (Å²) in [4.78, 5) is 10.9. The fourth-order valence-corrected chi connectivity index (χ4v) is 3.54. The molecule has 1 aromatic heterocycles. The van der Waals surface area contributed by atoms with E-state index in [0.29, 0.717) is 6.54 Å². The Labute approximate surface area is 119 Å². The van der Waals surface area contributed by atoms with Crippen LogP contribution in [-0.4, -0.2) is 38.6 Å². The van der Waals surface area contributed by atoms with Crippen LogP contribution >= 0.6 is 27.3 Å². The number of thiophene rings is 1. The maximum Gasteiger partial charge on any atom is 0.306 e. The number of nitrogens with zero attached hydrogens (tertiary/aromatic N) is 1. The molecule has 102 valence electrons. The smallest absolute Gasteiger partial charge is 0.306 e. The van der Waals surface area contributed by atoms with Crippen LogP contribution in [0.4, 0.5) is 0 Å². The van der Waals surface area contributed by atoms with Gasteiger partial charge in [0.1, 0.15) is 0 Å². The minimum absolute atomic E-state index is 0.128. The second-order valence-electron chi connectivity index (χ2n) is 3.66. The van der Waals surface area contributed by atoms with E-state index >= 15 is 0 Å². The van der Waals surface area contributed by atoms with E-state index in [2.05, 4.69) is 20.7 Å². The van der Waals surface area contributed by atoms with Crippen LogP contribution in [0.1, 0.15) is 12.0 Å². The predicted octanol–water partition coefficient (Wildman–Crippen LogP) is 1.84. The summed E-state index contributed by atoms with van der Waals surface area (Å²) in [7, 11) is -0.697. The second kappa shape index (κ2) is 6.65. The quantitative estimate of drug-likeness (QED) is 0.730. The molecule has 0 N–H and O–H groups in total.